The Hall–Kier alpha value is -3.53. The van der Waals surface area contributed by atoms with Crippen molar-refractivity contribution >= 4 is 11.8 Å². The number of hydrogen-bond donors (Lipinski definition) is 2. The molecule has 2 aromatic heterocycles. The molecule has 1 saturated heterocycles. The number of fused-ring (bicyclic) bond motifs is 3. The van der Waals surface area contributed by atoms with Gasteiger partial charge >= 0.3 is 0 Å². The maximum Gasteiger partial charge on any atom is 0.289 e. The van der Waals surface area contributed by atoms with E-state index in [0.29, 0.717) is 31.0 Å². The van der Waals surface area contributed by atoms with Crippen LogP contribution in [-0.4, -0.2) is 67.5 Å². The van der Waals surface area contributed by atoms with E-state index in [2.05, 4.69) is 25.4 Å². The minimum absolute atomic E-state index is 0.0187. The summed E-state index contributed by atoms with van der Waals surface area (Å²) in [6.07, 6.45) is 3.43. The molecular weight excluding hydrogens is 401 g/mol. The number of hydrogen-bond acceptors (Lipinski definition) is 5. The third kappa shape index (κ3) is 3.70. The third-order valence-corrected chi connectivity index (χ3v) is 5.88. The first-order valence-corrected chi connectivity index (χ1v) is 10.2. The topological polar surface area (TPSA) is 99.2 Å². The molecule has 3 aromatic rings. The van der Waals surface area contributed by atoms with Gasteiger partial charge in [-0.25, -0.2) is 4.39 Å². The Morgan fingerprint density at radius 3 is 2.68 bits per heavy atom. The van der Waals surface area contributed by atoms with Crippen LogP contribution in [-0.2, 0) is 13.1 Å². The Labute approximate surface area is 177 Å². The van der Waals surface area contributed by atoms with Crippen molar-refractivity contribution < 1.29 is 14.0 Å². The molecule has 10 heteroatoms. The number of nitrogens with one attached hydrogen (secondary N) is 2. The van der Waals surface area contributed by atoms with Crippen LogP contribution in [0.4, 0.5) is 4.39 Å². The average molecular weight is 423 g/mol. The van der Waals surface area contributed by atoms with Crippen LogP contribution in [0.2, 0.25) is 0 Å². The summed E-state index contributed by atoms with van der Waals surface area (Å²) in [5.41, 5.74) is 1.43. The Balaban J connectivity index is 1.30. The highest BCUT2D eigenvalue weighted by atomic mass is 19.1. The molecule has 0 radical (unpaired) electrons. The molecule has 0 aliphatic carbocycles. The number of H-pyrrole nitrogens is 1. The maximum absolute atomic E-state index is 13.1. The maximum atomic E-state index is 13.1. The number of aromatic amines is 1. The lowest BCUT2D eigenvalue weighted by Gasteiger charge is -2.43. The summed E-state index contributed by atoms with van der Waals surface area (Å²) in [5.74, 6) is 0.292. The zero-order chi connectivity index (χ0) is 21.4. The van der Waals surface area contributed by atoms with E-state index < -0.39 is 0 Å². The monoisotopic (exact) mass is 423 g/mol. The Kier molecular flexibility index (Phi) is 4.99. The molecule has 9 nitrogen and oxygen atoms in total. The first kappa shape index (κ1) is 19.4. The lowest BCUT2D eigenvalue weighted by molar-refractivity contribution is 0.0373. The largest absolute Gasteiger partial charge is 0.367 e. The van der Waals surface area contributed by atoms with Gasteiger partial charge in [-0.3, -0.25) is 14.5 Å². The molecule has 1 fully saturated rings. The summed E-state index contributed by atoms with van der Waals surface area (Å²) in [6.45, 7) is 3.55. The molecule has 5 rings (SSSR count). The van der Waals surface area contributed by atoms with Gasteiger partial charge in [-0.1, -0.05) is 12.1 Å². The molecule has 2 aliphatic heterocycles. The minimum Gasteiger partial charge on any atom is -0.367 e. The number of halogens is 1. The zero-order valence-corrected chi connectivity index (χ0v) is 16.8. The fourth-order valence-electron chi connectivity index (χ4n) is 4.20. The highest BCUT2D eigenvalue weighted by Gasteiger charge is 2.38. The summed E-state index contributed by atoms with van der Waals surface area (Å²) >= 11 is 0. The number of carbonyl (C=O) groups is 2. The Morgan fingerprint density at radius 1 is 1.10 bits per heavy atom. The van der Waals surface area contributed by atoms with E-state index >= 15 is 0 Å². The summed E-state index contributed by atoms with van der Waals surface area (Å²) in [5, 5.41) is 11.3. The van der Waals surface area contributed by atoms with Crippen molar-refractivity contribution in [2.45, 2.75) is 19.1 Å². The van der Waals surface area contributed by atoms with Crippen molar-refractivity contribution in [2.24, 2.45) is 0 Å². The average Bonchev–Trinajstić information content (AvgIpc) is 3.48. The number of piperazine rings is 1. The van der Waals surface area contributed by atoms with Crippen molar-refractivity contribution in [3.63, 3.8) is 0 Å². The van der Waals surface area contributed by atoms with Gasteiger partial charge in [0.25, 0.3) is 11.8 Å². The molecule has 2 N–H and O–H groups in total. The van der Waals surface area contributed by atoms with Gasteiger partial charge in [0.15, 0.2) is 5.82 Å². The molecule has 1 unspecified atom stereocenters. The summed E-state index contributed by atoms with van der Waals surface area (Å²) in [7, 11) is 0. The first-order valence-electron chi connectivity index (χ1n) is 10.2. The lowest BCUT2D eigenvalue weighted by Crippen LogP contribution is -2.53. The standard InChI is InChI=1S/C21H22FN7O2/c22-16-3-1-14(2-4-16)11-24-20(30)19-26-25-18-17-13-28(21(31)15-5-6-23-12-15)8-7-27(17)9-10-29(18)19/h1-6,12,17,23H,7-11,13H2,(H,24,30). The minimum atomic E-state index is -0.326. The van der Waals surface area contributed by atoms with Crippen LogP contribution >= 0.6 is 0 Å². The van der Waals surface area contributed by atoms with Crippen LogP contribution in [0.15, 0.2) is 42.7 Å². The van der Waals surface area contributed by atoms with Crippen molar-refractivity contribution in [1.29, 1.82) is 0 Å². The Morgan fingerprint density at radius 2 is 1.90 bits per heavy atom. The summed E-state index contributed by atoms with van der Waals surface area (Å²) < 4.78 is 14.9. The van der Waals surface area contributed by atoms with E-state index in [1.165, 1.54) is 12.1 Å². The molecular formula is C21H22FN7O2. The smallest absolute Gasteiger partial charge is 0.289 e. The molecule has 2 aliphatic rings. The predicted octanol–water partition coefficient (Wildman–Crippen LogP) is 1.19. The van der Waals surface area contributed by atoms with Crippen molar-refractivity contribution in [3.8, 4) is 0 Å². The fraction of sp³-hybridized carbons (Fsp3) is 0.333. The van der Waals surface area contributed by atoms with Gasteiger partial charge in [-0.15, -0.1) is 10.2 Å². The van der Waals surface area contributed by atoms with Gasteiger partial charge in [0.05, 0.1) is 11.6 Å². The van der Waals surface area contributed by atoms with Crippen molar-refractivity contribution in [1.82, 2.24) is 34.9 Å². The number of nitrogens with zero attached hydrogens (tertiary/aromatic N) is 5. The molecule has 0 saturated carbocycles. The van der Waals surface area contributed by atoms with Crippen molar-refractivity contribution in [2.75, 3.05) is 26.2 Å². The number of amides is 2. The quantitative estimate of drug-likeness (QED) is 0.657. The van der Waals surface area contributed by atoms with E-state index in [1.54, 1.807) is 30.6 Å². The van der Waals surface area contributed by atoms with Gasteiger partial charge in [0, 0.05) is 51.7 Å². The van der Waals surface area contributed by atoms with E-state index in [4.69, 9.17) is 0 Å². The van der Waals surface area contributed by atoms with E-state index in [9.17, 15) is 14.0 Å². The van der Waals surface area contributed by atoms with Crippen LogP contribution in [0, 0.1) is 5.82 Å². The second kappa shape index (κ2) is 7.95. The third-order valence-electron chi connectivity index (χ3n) is 5.88. The van der Waals surface area contributed by atoms with E-state index in [-0.39, 0.29) is 36.0 Å². The highest BCUT2D eigenvalue weighted by molar-refractivity contribution is 5.94. The van der Waals surface area contributed by atoms with Crippen molar-refractivity contribution in [3.05, 3.63) is 71.3 Å². The summed E-state index contributed by atoms with van der Waals surface area (Å²) in [4.78, 5) is 32.5. The molecule has 4 heterocycles. The molecule has 0 bridgehead atoms. The molecule has 160 valence electrons. The van der Waals surface area contributed by atoms with Crippen LogP contribution in [0.25, 0.3) is 0 Å². The number of aromatic nitrogens is 4. The normalized spacial score (nSPS) is 18.4. The number of carbonyl (C=O) groups excluding carboxylic acids is 2. The molecule has 31 heavy (non-hydrogen) atoms. The summed E-state index contributed by atoms with van der Waals surface area (Å²) in [6, 6.07) is 7.64. The highest BCUT2D eigenvalue weighted by Crippen LogP contribution is 2.29. The fourth-order valence-corrected chi connectivity index (χ4v) is 4.20. The second-order valence-electron chi connectivity index (χ2n) is 7.75. The number of rotatable bonds is 4. The van der Waals surface area contributed by atoms with Crippen LogP contribution < -0.4 is 5.32 Å². The number of benzene rings is 1. The second-order valence-corrected chi connectivity index (χ2v) is 7.75. The van der Waals surface area contributed by atoms with Gasteiger partial charge in [0.1, 0.15) is 5.82 Å². The van der Waals surface area contributed by atoms with Gasteiger partial charge in [0.2, 0.25) is 5.82 Å². The van der Waals surface area contributed by atoms with E-state index in [1.807, 2.05) is 9.47 Å². The molecule has 1 aromatic carbocycles. The molecule has 2 amide bonds. The molecule has 0 spiro atoms. The van der Waals surface area contributed by atoms with E-state index in [0.717, 1.165) is 18.7 Å². The first-order chi connectivity index (χ1) is 15.1. The van der Waals surface area contributed by atoms with Gasteiger partial charge in [-0.05, 0) is 23.8 Å². The zero-order valence-electron chi connectivity index (χ0n) is 16.8. The SMILES string of the molecule is O=C(NCc1ccc(F)cc1)c1nnc2n1CCN1CCN(C(=O)c3cc[nH]c3)CC21. The van der Waals surface area contributed by atoms with Gasteiger partial charge < -0.3 is 19.8 Å². The molecule has 1 atom stereocenters. The lowest BCUT2D eigenvalue weighted by atomic mass is 10.1. The Bertz CT molecular complexity index is 1090. The van der Waals surface area contributed by atoms with Crippen LogP contribution in [0.5, 0.6) is 0 Å². The van der Waals surface area contributed by atoms with Crippen LogP contribution in [0.1, 0.15) is 38.4 Å². The van der Waals surface area contributed by atoms with Gasteiger partial charge in [-0.2, -0.15) is 0 Å². The van der Waals surface area contributed by atoms with Crippen LogP contribution in [0.3, 0.4) is 0 Å². The predicted molar refractivity (Wildman–Crippen MR) is 109 cm³/mol.